The van der Waals surface area contributed by atoms with Crippen LogP contribution in [-0.2, 0) is 4.79 Å². The summed E-state index contributed by atoms with van der Waals surface area (Å²) in [6, 6.07) is 1.81. The van der Waals surface area contributed by atoms with E-state index in [2.05, 4.69) is 10.6 Å². The Morgan fingerprint density at radius 1 is 1.29 bits per heavy atom. The van der Waals surface area contributed by atoms with E-state index in [-0.39, 0.29) is 11.4 Å². The highest BCUT2D eigenvalue weighted by molar-refractivity contribution is 6.06. The summed E-state index contributed by atoms with van der Waals surface area (Å²) in [6.45, 7) is 3.16. The number of hydrogen-bond donors (Lipinski definition) is 2. The second kappa shape index (κ2) is 3.65. The predicted octanol–water partition coefficient (Wildman–Crippen LogP) is 2.91. The van der Waals surface area contributed by atoms with Gasteiger partial charge in [0.25, 0.3) is 6.43 Å². The number of carbonyl (C=O) groups excluding carboxylic acids is 1. The van der Waals surface area contributed by atoms with Crippen molar-refractivity contribution < 1.29 is 18.0 Å². The third kappa shape index (κ3) is 1.94. The van der Waals surface area contributed by atoms with Crippen molar-refractivity contribution in [3.63, 3.8) is 0 Å². The standard InChI is InChI=1S/C11H11F3N2O/c1-11(2)10(17)15-8-6(9(13)14)3-5(12)4-7(8)16-11/h3-4,9,16H,1-2H3,(H,15,17). The molecular formula is C11H11F3N2O. The Morgan fingerprint density at radius 3 is 2.53 bits per heavy atom. The molecule has 1 aromatic rings. The Kier molecular flexibility index (Phi) is 2.52. The van der Waals surface area contributed by atoms with Gasteiger partial charge in [-0.1, -0.05) is 0 Å². The molecule has 0 unspecified atom stereocenters. The molecule has 2 N–H and O–H groups in total. The summed E-state index contributed by atoms with van der Waals surface area (Å²) in [6.07, 6.45) is -2.84. The first kappa shape index (κ1) is 11.8. The maximum Gasteiger partial charge on any atom is 0.266 e. The first-order valence-corrected chi connectivity index (χ1v) is 5.02. The van der Waals surface area contributed by atoms with E-state index in [1.807, 2.05) is 0 Å². The minimum Gasteiger partial charge on any atom is -0.370 e. The number of carbonyl (C=O) groups is 1. The quantitative estimate of drug-likeness (QED) is 0.797. The maximum absolute atomic E-state index is 13.2. The van der Waals surface area contributed by atoms with Gasteiger partial charge in [0.1, 0.15) is 11.4 Å². The lowest BCUT2D eigenvalue weighted by molar-refractivity contribution is -0.119. The van der Waals surface area contributed by atoms with Gasteiger partial charge < -0.3 is 10.6 Å². The molecule has 0 saturated heterocycles. The SMILES string of the molecule is CC1(C)Nc2cc(F)cc(C(F)F)c2NC1=O. The van der Waals surface area contributed by atoms with Crippen molar-refractivity contribution in [1.29, 1.82) is 0 Å². The van der Waals surface area contributed by atoms with Crippen molar-refractivity contribution in [1.82, 2.24) is 0 Å². The molecule has 0 radical (unpaired) electrons. The zero-order valence-corrected chi connectivity index (χ0v) is 9.27. The zero-order chi connectivity index (χ0) is 12.8. The molecule has 1 aromatic carbocycles. The van der Waals surface area contributed by atoms with Crippen LogP contribution in [-0.4, -0.2) is 11.4 Å². The van der Waals surface area contributed by atoms with Gasteiger partial charge in [-0.15, -0.1) is 0 Å². The summed E-state index contributed by atoms with van der Waals surface area (Å²) in [5.74, 6) is -1.20. The van der Waals surface area contributed by atoms with Crippen molar-refractivity contribution in [2.45, 2.75) is 25.8 Å². The van der Waals surface area contributed by atoms with Crippen molar-refractivity contribution in [2.24, 2.45) is 0 Å². The third-order valence-corrected chi connectivity index (χ3v) is 2.62. The Morgan fingerprint density at radius 2 is 1.94 bits per heavy atom. The summed E-state index contributed by atoms with van der Waals surface area (Å²) in [7, 11) is 0. The molecule has 1 amide bonds. The molecule has 0 atom stereocenters. The molecule has 0 spiro atoms. The van der Waals surface area contributed by atoms with E-state index < -0.39 is 29.3 Å². The number of alkyl halides is 2. The number of benzene rings is 1. The summed E-state index contributed by atoms with van der Waals surface area (Å²) in [5.41, 5.74) is -1.35. The highest BCUT2D eigenvalue weighted by atomic mass is 19.3. The van der Waals surface area contributed by atoms with Crippen molar-refractivity contribution in [3.05, 3.63) is 23.5 Å². The van der Waals surface area contributed by atoms with Gasteiger partial charge >= 0.3 is 0 Å². The highest BCUT2D eigenvalue weighted by Crippen LogP contribution is 2.38. The van der Waals surface area contributed by atoms with Gasteiger partial charge in [-0.05, 0) is 26.0 Å². The minimum atomic E-state index is -2.84. The first-order chi connectivity index (χ1) is 7.81. The highest BCUT2D eigenvalue weighted by Gasteiger charge is 2.35. The van der Waals surface area contributed by atoms with Crippen LogP contribution >= 0.6 is 0 Å². The number of halogens is 3. The van der Waals surface area contributed by atoms with Crippen LogP contribution < -0.4 is 10.6 Å². The number of amides is 1. The number of nitrogens with one attached hydrogen (secondary N) is 2. The summed E-state index contributed by atoms with van der Waals surface area (Å²) in [4.78, 5) is 11.6. The lowest BCUT2D eigenvalue weighted by Crippen LogP contribution is -2.47. The van der Waals surface area contributed by atoms with Crippen LogP contribution in [0.2, 0.25) is 0 Å². The fraction of sp³-hybridized carbons (Fsp3) is 0.364. The third-order valence-electron chi connectivity index (χ3n) is 2.62. The molecule has 92 valence electrons. The van der Waals surface area contributed by atoms with Crippen LogP contribution in [0.25, 0.3) is 0 Å². The summed E-state index contributed by atoms with van der Waals surface area (Å²) < 4.78 is 38.6. The fourth-order valence-electron chi connectivity index (χ4n) is 1.70. The molecule has 6 heteroatoms. The molecule has 0 bridgehead atoms. The summed E-state index contributed by atoms with van der Waals surface area (Å²) >= 11 is 0. The molecular weight excluding hydrogens is 233 g/mol. The first-order valence-electron chi connectivity index (χ1n) is 5.02. The van der Waals surface area contributed by atoms with Gasteiger partial charge in [-0.3, -0.25) is 4.79 Å². The van der Waals surface area contributed by atoms with Crippen LogP contribution in [0.1, 0.15) is 25.8 Å². The molecule has 2 rings (SSSR count). The normalized spacial score (nSPS) is 17.4. The van der Waals surface area contributed by atoms with E-state index in [0.717, 1.165) is 12.1 Å². The van der Waals surface area contributed by atoms with Crippen molar-refractivity contribution in [3.8, 4) is 0 Å². The number of anilines is 2. The molecule has 1 heterocycles. The van der Waals surface area contributed by atoms with E-state index in [9.17, 15) is 18.0 Å². The fourth-order valence-corrected chi connectivity index (χ4v) is 1.70. The molecule has 0 aliphatic carbocycles. The number of rotatable bonds is 1. The monoisotopic (exact) mass is 244 g/mol. The van der Waals surface area contributed by atoms with E-state index in [1.54, 1.807) is 13.8 Å². The molecule has 0 saturated carbocycles. The molecule has 3 nitrogen and oxygen atoms in total. The molecule has 17 heavy (non-hydrogen) atoms. The average molecular weight is 244 g/mol. The van der Waals surface area contributed by atoms with Crippen LogP contribution in [0.15, 0.2) is 12.1 Å². The predicted molar refractivity (Wildman–Crippen MR) is 57.7 cm³/mol. The van der Waals surface area contributed by atoms with E-state index >= 15 is 0 Å². The van der Waals surface area contributed by atoms with Crippen LogP contribution in [0, 0.1) is 5.82 Å². The van der Waals surface area contributed by atoms with Gasteiger partial charge in [0.2, 0.25) is 5.91 Å². The molecule has 0 fully saturated rings. The van der Waals surface area contributed by atoms with Gasteiger partial charge in [-0.25, -0.2) is 13.2 Å². The molecule has 0 aromatic heterocycles. The lowest BCUT2D eigenvalue weighted by atomic mass is 9.98. The Hall–Kier alpha value is -1.72. The zero-order valence-electron chi connectivity index (χ0n) is 9.27. The van der Waals surface area contributed by atoms with Gasteiger partial charge in [0.15, 0.2) is 0 Å². The Balaban J connectivity index is 2.57. The van der Waals surface area contributed by atoms with Crippen LogP contribution in [0.3, 0.4) is 0 Å². The average Bonchev–Trinajstić information content (AvgIpc) is 2.18. The lowest BCUT2D eigenvalue weighted by Gasteiger charge is -2.33. The molecule has 1 aliphatic heterocycles. The van der Waals surface area contributed by atoms with Crippen LogP contribution in [0.4, 0.5) is 24.5 Å². The van der Waals surface area contributed by atoms with Crippen LogP contribution in [0.5, 0.6) is 0 Å². The Bertz CT molecular complexity index is 486. The van der Waals surface area contributed by atoms with Crippen molar-refractivity contribution >= 4 is 17.3 Å². The van der Waals surface area contributed by atoms with Gasteiger partial charge in [-0.2, -0.15) is 0 Å². The second-order valence-electron chi connectivity index (χ2n) is 4.42. The van der Waals surface area contributed by atoms with E-state index in [4.69, 9.17) is 0 Å². The van der Waals surface area contributed by atoms with Gasteiger partial charge in [0.05, 0.1) is 11.4 Å². The number of fused-ring (bicyclic) bond motifs is 1. The smallest absolute Gasteiger partial charge is 0.266 e. The maximum atomic E-state index is 13.2. The van der Waals surface area contributed by atoms with Crippen molar-refractivity contribution in [2.75, 3.05) is 10.6 Å². The largest absolute Gasteiger partial charge is 0.370 e. The molecule has 1 aliphatic rings. The van der Waals surface area contributed by atoms with Gasteiger partial charge in [0, 0.05) is 5.56 Å². The number of hydrogen-bond acceptors (Lipinski definition) is 2. The topological polar surface area (TPSA) is 41.1 Å². The van der Waals surface area contributed by atoms with E-state index in [1.165, 1.54) is 0 Å². The Labute approximate surface area is 96.0 Å². The van der Waals surface area contributed by atoms with E-state index in [0.29, 0.717) is 0 Å². The second-order valence-corrected chi connectivity index (χ2v) is 4.42. The summed E-state index contributed by atoms with van der Waals surface area (Å²) in [5, 5.41) is 5.12. The minimum absolute atomic E-state index is 0.0503.